The first-order valence-electron chi connectivity index (χ1n) is 12.8. The highest BCUT2D eigenvalue weighted by Crippen LogP contribution is 2.36. The summed E-state index contributed by atoms with van der Waals surface area (Å²) < 4.78 is 23.4. The number of hydrogen-bond donors (Lipinski definition) is 0. The van der Waals surface area contributed by atoms with Crippen LogP contribution in [0.1, 0.15) is 92.5 Å². The Labute approximate surface area is 251 Å². The van der Waals surface area contributed by atoms with Crippen LogP contribution in [0.15, 0.2) is 34.8 Å². The molecule has 0 spiro atoms. The summed E-state index contributed by atoms with van der Waals surface area (Å²) in [5, 5.41) is 0.805. The summed E-state index contributed by atoms with van der Waals surface area (Å²) in [5.74, 6) is 1.93. The Morgan fingerprint density at radius 2 is 1.16 bits per heavy atom. The molecule has 2 rings (SSSR count). The fourth-order valence-electron chi connectivity index (χ4n) is 3.48. The van der Waals surface area contributed by atoms with Crippen molar-refractivity contribution in [3.8, 4) is 11.5 Å². The Morgan fingerprint density at radius 3 is 1.58 bits per heavy atom. The smallest absolute Gasteiger partial charge is 0.123 e. The molecule has 0 atom stereocenters. The maximum Gasteiger partial charge on any atom is 0.123 e. The van der Waals surface area contributed by atoms with E-state index < -0.39 is 0 Å². The number of rotatable bonds is 11. The number of benzene rings is 2. The largest absolute Gasteiger partial charge is 0.491 e. The molecule has 0 saturated carbocycles. The van der Waals surface area contributed by atoms with E-state index in [2.05, 4.69) is 111 Å². The van der Waals surface area contributed by atoms with Crippen LogP contribution < -0.4 is 9.47 Å². The topological polar surface area (TPSA) is 36.9 Å². The monoisotopic (exact) mass is 660 g/mol. The van der Waals surface area contributed by atoms with Gasteiger partial charge in [0.2, 0.25) is 0 Å². The summed E-state index contributed by atoms with van der Waals surface area (Å²) in [6, 6.07) is 10.7. The van der Waals surface area contributed by atoms with E-state index in [1.807, 2.05) is 13.8 Å². The summed E-state index contributed by atoms with van der Waals surface area (Å²) in [6.45, 7) is 23.2. The minimum absolute atomic E-state index is 0. The minimum atomic E-state index is 0. The van der Waals surface area contributed by atoms with Gasteiger partial charge in [-0.2, -0.15) is 0 Å². The Hall–Kier alpha value is -1.08. The lowest BCUT2D eigenvalue weighted by molar-refractivity contribution is 0.109. The fraction of sp³-hybridized carbons (Fsp3) is 0.625. The number of hydrogen-bond acceptors (Lipinski definition) is 4. The first kappa shape index (κ1) is 39.1. The molecule has 0 amide bonds. The molecule has 0 aliphatic carbocycles. The van der Waals surface area contributed by atoms with Crippen LogP contribution in [0, 0.1) is 6.92 Å². The zero-order chi connectivity index (χ0) is 27.4. The molecule has 0 bridgehead atoms. The van der Waals surface area contributed by atoms with Gasteiger partial charge in [0.05, 0.1) is 13.2 Å². The van der Waals surface area contributed by atoms with E-state index >= 15 is 0 Å². The van der Waals surface area contributed by atoms with E-state index in [0.29, 0.717) is 26.4 Å². The second-order valence-electron chi connectivity index (χ2n) is 10.7. The van der Waals surface area contributed by atoms with Gasteiger partial charge < -0.3 is 18.9 Å². The Kier molecular flexibility index (Phi) is 19.6. The van der Waals surface area contributed by atoms with Crippen LogP contribution in [0.3, 0.4) is 0 Å². The SMILES string of the molecule is C.C.CCOCCOc1cc(C)ccc1C(C)(C)C.CCOCCOc1cc(CBr)c(Br)cc1C(C)(C)C. The van der Waals surface area contributed by atoms with Gasteiger partial charge in [0.15, 0.2) is 0 Å². The number of ether oxygens (including phenoxy) is 4. The lowest BCUT2D eigenvalue weighted by Gasteiger charge is -2.24. The van der Waals surface area contributed by atoms with E-state index in [-0.39, 0.29) is 25.7 Å². The predicted molar refractivity (Wildman–Crippen MR) is 173 cm³/mol. The molecule has 0 radical (unpaired) electrons. The third kappa shape index (κ3) is 13.8. The van der Waals surface area contributed by atoms with Crippen LogP contribution >= 0.6 is 31.9 Å². The van der Waals surface area contributed by atoms with Gasteiger partial charge >= 0.3 is 0 Å². The number of aryl methyl sites for hydroxylation is 1. The van der Waals surface area contributed by atoms with E-state index in [1.54, 1.807) is 0 Å². The molecule has 0 unspecified atom stereocenters. The molecule has 4 nitrogen and oxygen atoms in total. The van der Waals surface area contributed by atoms with Crippen molar-refractivity contribution in [3.05, 3.63) is 57.1 Å². The number of alkyl halides is 1. The number of halogens is 2. The molecular formula is C32H54Br2O4. The normalized spacial score (nSPS) is 11.0. The van der Waals surface area contributed by atoms with Crippen molar-refractivity contribution >= 4 is 31.9 Å². The van der Waals surface area contributed by atoms with Crippen LogP contribution in [-0.2, 0) is 25.6 Å². The molecule has 0 aromatic heterocycles. The second kappa shape index (κ2) is 19.1. The van der Waals surface area contributed by atoms with Gasteiger partial charge in [0, 0.05) is 28.6 Å². The van der Waals surface area contributed by atoms with Crippen LogP contribution in [0.5, 0.6) is 11.5 Å². The van der Waals surface area contributed by atoms with Crippen molar-refractivity contribution in [3.63, 3.8) is 0 Å². The first-order valence-corrected chi connectivity index (χ1v) is 14.7. The van der Waals surface area contributed by atoms with Crippen LogP contribution in [0.2, 0.25) is 0 Å². The molecule has 0 N–H and O–H groups in total. The molecule has 0 heterocycles. The third-order valence-electron chi connectivity index (χ3n) is 5.42. The van der Waals surface area contributed by atoms with Crippen molar-refractivity contribution in [1.82, 2.24) is 0 Å². The Bertz CT molecular complexity index is 915. The third-order valence-corrected chi connectivity index (χ3v) is 6.77. The maximum atomic E-state index is 5.90. The summed E-state index contributed by atoms with van der Waals surface area (Å²) in [5.41, 5.74) is 5.03. The van der Waals surface area contributed by atoms with E-state index in [9.17, 15) is 0 Å². The molecule has 38 heavy (non-hydrogen) atoms. The molecule has 2 aromatic rings. The molecule has 2 aromatic carbocycles. The second-order valence-corrected chi connectivity index (χ2v) is 12.1. The van der Waals surface area contributed by atoms with Crippen molar-refractivity contribution in [1.29, 1.82) is 0 Å². The summed E-state index contributed by atoms with van der Waals surface area (Å²) in [4.78, 5) is 0. The summed E-state index contributed by atoms with van der Waals surface area (Å²) in [7, 11) is 0. The maximum absolute atomic E-state index is 5.90. The van der Waals surface area contributed by atoms with Crippen molar-refractivity contribution in [2.24, 2.45) is 0 Å². The lowest BCUT2D eigenvalue weighted by Crippen LogP contribution is -2.15. The summed E-state index contributed by atoms with van der Waals surface area (Å²) >= 11 is 7.12. The molecule has 0 fully saturated rings. The summed E-state index contributed by atoms with van der Waals surface area (Å²) in [6.07, 6.45) is 0. The highest BCUT2D eigenvalue weighted by molar-refractivity contribution is 9.10. The van der Waals surface area contributed by atoms with Gasteiger partial charge in [-0.25, -0.2) is 0 Å². The van der Waals surface area contributed by atoms with E-state index in [0.717, 1.165) is 34.5 Å². The van der Waals surface area contributed by atoms with E-state index in [1.165, 1.54) is 22.3 Å². The molecule has 220 valence electrons. The highest BCUT2D eigenvalue weighted by atomic mass is 79.9. The lowest BCUT2D eigenvalue weighted by atomic mass is 9.86. The van der Waals surface area contributed by atoms with Gasteiger partial charge in [-0.15, -0.1) is 0 Å². The Balaban J connectivity index is 0. The van der Waals surface area contributed by atoms with Crippen molar-refractivity contribution in [2.45, 2.75) is 93.3 Å². The zero-order valence-corrected chi connectivity index (χ0v) is 26.9. The van der Waals surface area contributed by atoms with Gasteiger partial charge in [-0.1, -0.05) is 100 Å². The van der Waals surface area contributed by atoms with E-state index in [4.69, 9.17) is 18.9 Å². The standard InChI is InChI=1S/C15H22Br2O2.C15H24O2.2CH4/c1-5-18-6-7-19-14-8-11(10-16)13(17)9-12(14)15(2,3)4;1-6-16-9-10-17-14-11-12(2)7-8-13(14)15(3,4)5;;/h8-9H,5-7,10H2,1-4H3;7-8,11H,6,9-10H2,1-5H3;2*1H4. The Morgan fingerprint density at radius 1 is 0.684 bits per heavy atom. The predicted octanol–water partition coefficient (Wildman–Crippen LogP) is 10.0. The van der Waals surface area contributed by atoms with Crippen molar-refractivity contribution < 1.29 is 18.9 Å². The van der Waals surface area contributed by atoms with Crippen LogP contribution in [-0.4, -0.2) is 39.6 Å². The van der Waals surface area contributed by atoms with Gasteiger partial charge in [-0.3, -0.25) is 0 Å². The van der Waals surface area contributed by atoms with Gasteiger partial charge in [-0.05, 0) is 66.5 Å². The average molecular weight is 663 g/mol. The molecule has 0 aliphatic heterocycles. The minimum Gasteiger partial charge on any atom is -0.491 e. The first-order chi connectivity index (χ1) is 16.8. The molecule has 0 saturated heterocycles. The molecule has 0 aliphatic rings. The van der Waals surface area contributed by atoms with Crippen LogP contribution in [0.4, 0.5) is 0 Å². The quantitative estimate of drug-likeness (QED) is 0.177. The van der Waals surface area contributed by atoms with Crippen LogP contribution in [0.25, 0.3) is 0 Å². The zero-order valence-electron chi connectivity index (χ0n) is 23.7. The molecular weight excluding hydrogens is 608 g/mol. The fourth-order valence-corrected chi connectivity index (χ4v) is 4.81. The van der Waals surface area contributed by atoms with Gasteiger partial charge in [0.1, 0.15) is 24.7 Å². The van der Waals surface area contributed by atoms with Crippen molar-refractivity contribution in [2.75, 3.05) is 39.6 Å². The molecule has 6 heteroatoms. The van der Waals surface area contributed by atoms with Gasteiger partial charge in [0.25, 0.3) is 0 Å². The highest BCUT2D eigenvalue weighted by Gasteiger charge is 2.21. The average Bonchev–Trinajstić information content (AvgIpc) is 2.79.